The van der Waals surface area contributed by atoms with Crippen LogP contribution in [-0.4, -0.2) is 26.8 Å². The van der Waals surface area contributed by atoms with Crippen molar-refractivity contribution in [2.24, 2.45) is 0 Å². The van der Waals surface area contributed by atoms with E-state index in [2.05, 4.69) is 20.8 Å². The average Bonchev–Trinajstić information content (AvgIpc) is 2.82. The summed E-state index contributed by atoms with van der Waals surface area (Å²) in [6.45, 7) is 4.74. The second-order valence-corrected chi connectivity index (χ2v) is 4.24. The van der Waals surface area contributed by atoms with Crippen molar-refractivity contribution in [3.8, 4) is 5.69 Å². The molecule has 0 aliphatic heterocycles. The molecule has 2 rings (SSSR count). The first kappa shape index (κ1) is 13.5. The van der Waals surface area contributed by atoms with Gasteiger partial charge in [0.1, 0.15) is 17.3 Å². The zero-order valence-corrected chi connectivity index (χ0v) is 10.8. The maximum atomic E-state index is 13.9. The molecule has 19 heavy (non-hydrogen) atoms. The van der Waals surface area contributed by atoms with E-state index in [1.54, 1.807) is 0 Å². The van der Waals surface area contributed by atoms with Crippen LogP contribution in [-0.2, 0) is 6.54 Å². The Bertz CT molecular complexity index is 567. The summed E-state index contributed by atoms with van der Waals surface area (Å²) in [5, 5.41) is 14.1. The van der Waals surface area contributed by atoms with Gasteiger partial charge in [-0.25, -0.2) is 8.78 Å². The number of halogens is 2. The van der Waals surface area contributed by atoms with E-state index in [0.717, 1.165) is 25.1 Å². The van der Waals surface area contributed by atoms with E-state index in [4.69, 9.17) is 0 Å². The van der Waals surface area contributed by atoms with Crippen LogP contribution in [0.3, 0.4) is 0 Å². The summed E-state index contributed by atoms with van der Waals surface area (Å²) in [6.07, 6.45) is 0.967. The summed E-state index contributed by atoms with van der Waals surface area (Å²) in [6, 6.07) is 2.24. The molecule has 0 atom stereocenters. The van der Waals surface area contributed by atoms with Gasteiger partial charge in [-0.15, -0.1) is 5.10 Å². The molecule has 0 amide bonds. The number of aromatic nitrogens is 4. The Hall–Kier alpha value is -1.89. The Morgan fingerprint density at radius 3 is 2.79 bits per heavy atom. The van der Waals surface area contributed by atoms with Crippen molar-refractivity contribution in [1.29, 1.82) is 0 Å². The van der Waals surface area contributed by atoms with Gasteiger partial charge >= 0.3 is 0 Å². The fraction of sp³-hybridized carbons (Fsp3) is 0.417. The molecule has 7 heteroatoms. The van der Waals surface area contributed by atoms with Gasteiger partial charge in [0.2, 0.25) is 0 Å². The first-order chi connectivity index (χ1) is 9.13. The molecule has 102 valence electrons. The lowest BCUT2D eigenvalue weighted by atomic mass is 10.2. The summed E-state index contributed by atoms with van der Waals surface area (Å²) < 4.78 is 28.6. The fourth-order valence-electron chi connectivity index (χ4n) is 1.68. The number of hydrogen-bond donors (Lipinski definition) is 1. The van der Waals surface area contributed by atoms with Crippen molar-refractivity contribution in [3.05, 3.63) is 35.2 Å². The van der Waals surface area contributed by atoms with Crippen LogP contribution in [0.25, 0.3) is 5.69 Å². The van der Waals surface area contributed by atoms with Gasteiger partial charge in [-0.3, -0.25) is 0 Å². The first-order valence-corrected chi connectivity index (χ1v) is 6.07. The minimum atomic E-state index is -0.553. The van der Waals surface area contributed by atoms with Crippen molar-refractivity contribution in [2.45, 2.75) is 26.8 Å². The lowest BCUT2D eigenvalue weighted by Gasteiger charge is -2.07. The van der Waals surface area contributed by atoms with Crippen LogP contribution >= 0.6 is 0 Å². The second-order valence-electron chi connectivity index (χ2n) is 4.24. The molecule has 1 N–H and O–H groups in total. The lowest BCUT2D eigenvalue weighted by molar-refractivity contribution is 0.568. The standard InChI is InChI=1S/C12H15F2N5/c1-3-4-15-7-12-16-17-18-19(12)11-6-9(13)8(2)5-10(11)14/h5-6,15H,3-4,7H2,1-2H3. The number of nitrogens with one attached hydrogen (secondary N) is 1. The Balaban J connectivity index is 2.32. The van der Waals surface area contributed by atoms with Crippen LogP contribution in [0.5, 0.6) is 0 Å². The molecule has 0 unspecified atom stereocenters. The lowest BCUT2D eigenvalue weighted by Crippen LogP contribution is -2.18. The van der Waals surface area contributed by atoms with Crippen molar-refractivity contribution in [2.75, 3.05) is 6.54 Å². The number of aryl methyl sites for hydroxylation is 1. The van der Waals surface area contributed by atoms with E-state index in [9.17, 15) is 8.78 Å². The molecule has 0 radical (unpaired) electrons. The molecule has 2 aromatic rings. The molecule has 1 heterocycles. The summed E-state index contributed by atoms with van der Waals surface area (Å²) in [5.74, 6) is -0.599. The summed E-state index contributed by atoms with van der Waals surface area (Å²) >= 11 is 0. The highest BCUT2D eigenvalue weighted by molar-refractivity contribution is 5.36. The highest BCUT2D eigenvalue weighted by Gasteiger charge is 2.14. The van der Waals surface area contributed by atoms with Crippen molar-refractivity contribution >= 4 is 0 Å². The second kappa shape index (κ2) is 5.83. The third kappa shape index (κ3) is 2.93. The Morgan fingerprint density at radius 2 is 2.05 bits per heavy atom. The molecule has 0 bridgehead atoms. The predicted molar refractivity (Wildman–Crippen MR) is 65.8 cm³/mol. The minimum absolute atomic E-state index is 0.0152. The Morgan fingerprint density at radius 1 is 1.26 bits per heavy atom. The smallest absolute Gasteiger partial charge is 0.170 e. The normalized spacial score (nSPS) is 10.9. The molecule has 0 saturated heterocycles. The molecule has 0 saturated carbocycles. The first-order valence-electron chi connectivity index (χ1n) is 6.07. The molecule has 0 aliphatic carbocycles. The topological polar surface area (TPSA) is 55.6 Å². The summed E-state index contributed by atoms with van der Waals surface area (Å²) in [5.41, 5.74) is 0.265. The van der Waals surface area contributed by atoms with E-state index >= 15 is 0 Å². The molecule has 0 fully saturated rings. The fourth-order valence-corrected chi connectivity index (χ4v) is 1.68. The van der Waals surface area contributed by atoms with Crippen LogP contribution in [0.1, 0.15) is 24.7 Å². The van der Waals surface area contributed by atoms with E-state index in [1.165, 1.54) is 11.6 Å². The number of hydrogen-bond acceptors (Lipinski definition) is 4. The zero-order chi connectivity index (χ0) is 13.8. The highest BCUT2D eigenvalue weighted by Crippen LogP contribution is 2.18. The number of benzene rings is 1. The predicted octanol–water partition coefficient (Wildman–Crippen LogP) is 1.75. The van der Waals surface area contributed by atoms with Crippen LogP contribution in [0.2, 0.25) is 0 Å². The van der Waals surface area contributed by atoms with Crippen LogP contribution in [0.15, 0.2) is 12.1 Å². The van der Waals surface area contributed by atoms with Gasteiger partial charge in [0.15, 0.2) is 5.82 Å². The molecule has 1 aromatic heterocycles. The Kier molecular flexibility index (Phi) is 4.16. The van der Waals surface area contributed by atoms with Crippen LogP contribution in [0, 0.1) is 18.6 Å². The maximum absolute atomic E-state index is 13.9. The molecule has 1 aromatic carbocycles. The summed E-state index contributed by atoms with van der Waals surface area (Å²) in [4.78, 5) is 0. The number of rotatable bonds is 5. The van der Waals surface area contributed by atoms with E-state index in [1.807, 2.05) is 6.92 Å². The van der Waals surface area contributed by atoms with Gasteiger partial charge in [0, 0.05) is 6.07 Å². The summed E-state index contributed by atoms with van der Waals surface area (Å²) in [7, 11) is 0. The molecular weight excluding hydrogens is 252 g/mol. The molecule has 5 nitrogen and oxygen atoms in total. The van der Waals surface area contributed by atoms with Gasteiger partial charge in [0.05, 0.1) is 6.54 Å². The number of tetrazole rings is 1. The quantitative estimate of drug-likeness (QED) is 0.838. The van der Waals surface area contributed by atoms with E-state index in [-0.39, 0.29) is 11.3 Å². The van der Waals surface area contributed by atoms with Gasteiger partial charge in [0.25, 0.3) is 0 Å². The third-order valence-corrected chi connectivity index (χ3v) is 2.70. The van der Waals surface area contributed by atoms with Gasteiger partial charge in [-0.1, -0.05) is 6.92 Å². The van der Waals surface area contributed by atoms with Gasteiger partial charge in [-0.05, 0) is 41.9 Å². The van der Waals surface area contributed by atoms with Crippen LogP contribution in [0.4, 0.5) is 8.78 Å². The monoisotopic (exact) mass is 267 g/mol. The third-order valence-electron chi connectivity index (χ3n) is 2.70. The highest BCUT2D eigenvalue weighted by atomic mass is 19.1. The van der Waals surface area contributed by atoms with E-state index < -0.39 is 11.6 Å². The Labute approximate surface area is 109 Å². The van der Waals surface area contributed by atoms with Crippen molar-refractivity contribution in [3.63, 3.8) is 0 Å². The van der Waals surface area contributed by atoms with Gasteiger partial charge in [-0.2, -0.15) is 4.68 Å². The van der Waals surface area contributed by atoms with Gasteiger partial charge < -0.3 is 5.32 Å². The van der Waals surface area contributed by atoms with E-state index in [0.29, 0.717) is 12.4 Å². The minimum Gasteiger partial charge on any atom is -0.310 e. The molecule has 0 aliphatic rings. The number of nitrogens with zero attached hydrogens (tertiary/aromatic N) is 4. The zero-order valence-electron chi connectivity index (χ0n) is 10.8. The molecular formula is C12H15F2N5. The van der Waals surface area contributed by atoms with Crippen molar-refractivity contribution in [1.82, 2.24) is 25.5 Å². The van der Waals surface area contributed by atoms with Crippen LogP contribution < -0.4 is 5.32 Å². The largest absolute Gasteiger partial charge is 0.310 e. The average molecular weight is 267 g/mol. The SMILES string of the molecule is CCCNCc1nnnn1-c1cc(F)c(C)cc1F. The maximum Gasteiger partial charge on any atom is 0.170 e. The van der Waals surface area contributed by atoms with Crippen molar-refractivity contribution < 1.29 is 8.78 Å². The molecule has 0 spiro atoms.